The minimum Gasteiger partial charge on any atom is -0.544 e. The van der Waals surface area contributed by atoms with Crippen LogP contribution in [0, 0.1) is 0 Å². The lowest BCUT2D eigenvalue weighted by Gasteiger charge is -2.25. The number of aliphatic carboxylic acids is 1. The maximum Gasteiger partial charge on any atom is 0.430 e. The molecule has 6 heteroatoms. The van der Waals surface area contributed by atoms with Crippen molar-refractivity contribution < 1.29 is 19.2 Å². The van der Waals surface area contributed by atoms with E-state index in [1.165, 1.54) is 14.1 Å². The van der Waals surface area contributed by atoms with Crippen molar-refractivity contribution in [1.29, 1.82) is 0 Å². The van der Waals surface area contributed by atoms with Gasteiger partial charge in [-0.05, 0) is 0 Å². The third-order valence-corrected chi connectivity index (χ3v) is 1.20. The van der Waals surface area contributed by atoms with Crippen LogP contribution in [0.4, 0.5) is 4.79 Å². The second-order valence-corrected chi connectivity index (χ2v) is 2.66. The van der Waals surface area contributed by atoms with Crippen LogP contribution in [0.2, 0.25) is 0 Å². The largest absolute Gasteiger partial charge is 0.544 e. The summed E-state index contributed by atoms with van der Waals surface area (Å²) in [5.41, 5.74) is 1.85. The molecule has 0 spiro atoms. The Kier molecular flexibility index (Phi) is 2.97. The van der Waals surface area contributed by atoms with Gasteiger partial charge >= 0.3 is 6.03 Å². The van der Waals surface area contributed by atoms with E-state index in [0.29, 0.717) is 0 Å². The number of quaternary nitrogens is 1. The standard InChI is InChI=1S/C5H11N3O3/c1-8(2,3-4(9)10)5(11)7-6/h3,6H2,1-2H3,(H-,7,9,10,11). The number of carbonyl (C=O) groups is 2. The highest BCUT2D eigenvalue weighted by molar-refractivity contribution is 5.71. The molecular weight excluding hydrogens is 150 g/mol. The van der Waals surface area contributed by atoms with Crippen molar-refractivity contribution in [3.63, 3.8) is 0 Å². The van der Waals surface area contributed by atoms with E-state index in [9.17, 15) is 14.7 Å². The van der Waals surface area contributed by atoms with Crippen molar-refractivity contribution in [2.75, 3.05) is 20.6 Å². The number of nitrogens with two attached hydrogens (primary N) is 1. The lowest BCUT2D eigenvalue weighted by Crippen LogP contribution is -2.57. The summed E-state index contributed by atoms with van der Waals surface area (Å²) in [5, 5.41) is 10.1. The van der Waals surface area contributed by atoms with Gasteiger partial charge in [0.25, 0.3) is 0 Å². The predicted molar refractivity (Wildman–Crippen MR) is 34.7 cm³/mol. The Labute approximate surface area is 64.1 Å². The van der Waals surface area contributed by atoms with E-state index in [1.54, 1.807) is 0 Å². The molecule has 0 bridgehead atoms. The van der Waals surface area contributed by atoms with Crippen LogP contribution in [-0.4, -0.2) is 37.1 Å². The van der Waals surface area contributed by atoms with Gasteiger partial charge in [0.15, 0.2) is 0 Å². The van der Waals surface area contributed by atoms with Gasteiger partial charge in [-0.1, -0.05) is 0 Å². The quantitative estimate of drug-likeness (QED) is 0.201. The van der Waals surface area contributed by atoms with Gasteiger partial charge in [0.2, 0.25) is 0 Å². The fourth-order valence-corrected chi connectivity index (χ4v) is 0.569. The molecule has 3 N–H and O–H groups in total. The summed E-state index contributed by atoms with van der Waals surface area (Å²) in [6.45, 7) is -0.400. The number of carboxylic acid groups (broad SMARTS) is 1. The van der Waals surface area contributed by atoms with E-state index in [1.807, 2.05) is 5.43 Å². The molecule has 0 rings (SSSR count). The van der Waals surface area contributed by atoms with Crippen LogP contribution in [0.5, 0.6) is 0 Å². The smallest absolute Gasteiger partial charge is 0.430 e. The second-order valence-electron chi connectivity index (χ2n) is 2.66. The molecule has 0 aliphatic rings. The normalized spacial score (nSPS) is 10.8. The monoisotopic (exact) mass is 161 g/mol. The minimum atomic E-state index is -1.29. The predicted octanol–water partition coefficient (Wildman–Crippen LogP) is -2.60. The molecule has 0 saturated heterocycles. The number of carbonyl (C=O) groups excluding carboxylic acids is 2. The first-order valence-corrected chi connectivity index (χ1v) is 2.94. The van der Waals surface area contributed by atoms with E-state index in [-0.39, 0.29) is 4.48 Å². The number of amides is 2. The van der Waals surface area contributed by atoms with Crippen LogP contribution >= 0.6 is 0 Å². The van der Waals surface area contributed by atoms with Crippen LogP contribution in [0.1, 0.15) is 0 Å². The van der Waals surface area contributed by atoms with Gasteiger partial charge < -0.3 is 9.90 Å². The molecule has 0 aromatic heterocycles. The molecule has 0 aromatic carbocycles. The van der Waals surface area contributed by atoms with Crippen LogP contribution in [0.25, 0.3) is 0 Å². The second kappa shape index (κ2) is 3.31. The zero-order valence-electron chi connectivity index (χ0n) is 6.46. The highest BCUT2D eigenvalue weighted by Gasteiger charge is 2.25. The summed E-state index contributed by atoms with van der Waals surface area (Å²) in [4.78, 5) is 20.9. The first kappa shape index (κ1) is 9.86. The number of hydrogen-bond donors (Lipinski definition) is 2. The van der Waals surface area contributed by atoms with Crippen molar-refractivity contribution >= 4 is 12.0 Å². The summed E-state index contributed by atoms with van der Waals surface area (Å²) >= 11 is 0. The number of nitrogens with zero attached hydrogens (tertiary/aromatic N) is 1. The highest BCUT2D eigenvalue weighted by Crippen LogP contribution is 1.94. The number of hydrazine groups is 1. The average molecular weight is 161 g/mol. The number of hydrogen-bond acceptors (Lipinski definition) is 4. The van der Waals surface area contributed by atoms with Gasteiger partial charge in [-0.3, -0.25) is 0 Å². The van der Waals surface area contributed by atoms with Crippen LogP contribution < -0.4 is 16.4 Å². The van der Waals surface area contributed by atoms with Gasteiger partial charge in [0.1, 0.15) is 6.54 Å². The van der Waals surface area contributed by atoms with E-state index in [4.69, 9.17) is 5.84 Å². The third kappa shape index (κ3) is 2.96. The molecule has 0 heterocycles. The number of carboxylic acids is 1. The molecule has 0 fully saturated rings. The maximum atomic E-state index is 10.8. The molecule has 6 nitrogen and oxygen atoms in total. The fraction of sp³-hybridized carbons (Fsp3) is 0.600. The van der Waals surface area contributed by atoms with E-state index in [0.717, 1.165) is 0 Å². The Bertz CT molecular complexity index is 178. The summed E-state index contributed by atoms with van der Waals surface area (Å²) in [6.07, 6.45) is 0. The van der Waals surface area contributed by atoms with Gasteiger partial charge in [0, 0.05) is 0 Å². The Morgan fingerprint density at radius 3 is 2.27 bits per heavy atom. The molecule has 0 aliphatic heterocycles. The third-order valence-electron chi connectivity index (χ3n) is 1.20. The number of nitrogens with one attached hydrogen (secondary N) is 1. The van der Waals surface area contributed by atoms with Crippen LogP contribution in [0.3, 0.4) is 0 Å². The molecular formula is C5H11N3O3. The van der Waals surface area contributed by atoms with Gasteiger partial charge in [0.05, 0.1) is 20.1 Å². The van der Waals surface area contributed by atoms with E-state index < -0.39 is 18.5 Å². The van der Waals surface area contributed by atoms with Crippen molar-refractivity contribution in [3.05, 3.63) is 0 Å². The van der Waals surface area contributed by atoms with Crippen LogP contribution in [0.15, 0.2) is 0 Å². The average Bonchev–Trinajstić information content (AvgIpc) is 1.83. The summed E-state index contributed by atoms with van der Waals surface area (Å²) in [6, 6.07) is -0.575. The molecule has 0 atom stereocenters. The molecule has 0 saturated carbocycles. The molecule has 2 amide bonds. The Balaban J connectivity index is 4.21. The highest BCUT2D eigenvalue weighted by atomic mass is 16.4. The molecule has 0 aliphatic carbocycles. The zero-order valence-corrected chi connectivity index (χ0v) is 6.46. The van der Waals surface area contributed by atoms with Gasteiger partial charge in [-0.2, -0.15) is 0 Å². The van der Waals surface area contributed by atoms with Crippen LogP contribution in [-0.2, 0) is 4.79 Å². The van der Waals surface area contributed by atoms with Gasteiger partial charge in [-0.15, -0.1) is 0 Å². The van der Waals surface area contributed by atoms with Crippen molar-refractivity contribution in [2.24, 2.45) is 5.84 Å². The lowest BCUT2D eigenvalue weighted by molar-refractivity contribution is -0.803. The summed E-state index contributed by atoms with van der Waals surface area (Å²) in [5.74, 6) is 3.51. The number of urea groups is 1. The summed E-state index contributed by atoms with van der Waals surface area (Å²) < 4.78 is -0.376. The lowest BCUT2D eigenvalue weighted by atomic mass is 10.5. The molecule has 0 unspecified atom stereocenters. The molecule has 11 heavy (non-hydrogen) atoms. The number of rotatable bonds is 2. The van der Waals surface area contributed by atoms with Crippen molar-refractivity contribution in [1.82, 2.24) is 5.43 Å². The Morgan fingerprint density at radius 1 is 1.55 bits per heavy atom. The zero-order chi connectivity index (χ0) is 9.07. The van der Waals surface area contributed by atoms with Crippen molar-refractivity contribution in [2.45, 2.75) is 0 Å². The topological polar surface area (TPSA) is 95.2 Å². The first-order chi connectivity index (χ1) is 4.90. The first-order valence-electron chi connectivity index (χ1n) is 2.94. The molecule has 64 valence electrons. The maximum absolute atomic E-state index is 10.8. The van der Waals surface area contributed by atoms with E-state index >= 15 is 0 Å². The SMILES string of the molecule is C[N+](C)(CC(=O)[O-])C(=O)NN. The van der Waals surface area contributed by atoms with Gasteiger partial charge in [-0.25, -0.2) is 20.5 Å². The summed E-state index contributed by atoms with van der Waals surface area (Å²) in [7, 11) is 2.83. The van der Waals surface area contributed by atoms with Crippen molar-refractivity contribution in [3.8, 4) is 0 Å². The number of likely N-dealkylation sites (N-methyl/N-ethyl adjacent to an activating group) is 1. The fourth-order valence-electron chi connectivity index (χ4n) is 0.569. The minimum absolute atomic E-state index is 0.376. The van der Waals surface area contributed by atoms with E-state index in [2.05, 4.69) is 0 Å². The molecule has 0 aromatic rings. The Hall–Kier alpha value is -1.14. The molecule has 0 radical (unpaired) electrons. The Morgan fingerprint density at radius 2 is 2.00 bits per heavy atom.